The minimum Gasteiger partial charge on any atom is -0.494 e. The lowest BCUT2D eigenvalue weighted by Crippen LogP contribution is -2.02. The second-order valence-corrected chi connectivity index (χ2v) is 6.33. The molecule has 0 aliphatic heterocycles. The van der Waals surface area contributed by atoms with E-state index in [1.807, 2.05) is 30.6 Å². The zero-order chi connectivity index (χ0) is 15.2. The Morgan fingerprint density at radius 2 is 1.82 bits per heavy atom. The van der Waals surface area contributed by atoms with Gasteiger partial charge in [-0.3, -0.25) is 0 Å². The third-order valence-electron chi connectivity index (χ3n) is 3.36. The maximum atomic E-state index is 5.75. The molecule has 1 saturated carbocycles. The molecule has 2 aromatic rings. The summed E-state index contributed by atoms with van der Waals surface area (Å²) in [5, 5.41) is 9.15. The normalized spacial score (nSPS) is 14.0. The Balaban J connectivity index is 1.40. The van der Waals surface area contributed by atoms with Gasteiger partial charge in [-0.2, -0.15) is 0 Å². The highest BCUT2D eigenvalue weighted by Crippen LogP contribution is 2.37. The largest absolute Gasteiger partial charge is 0.494 e. The van der Waals surface area contributed by atoms with Gasteiger partial charge in [0.25, 0.3) is 0 Å². The SMILES string of the molecule is CCCOc1ccc(OCCSc2nncn2C2CC2)cc1. The second kappa shape index (κ2) is 7.54. The Labute approximate surface area is 135 Å². The minimum absolute atomic E-state index is 0.620. The van der Waals surface area contributed by atoms with Gasteiger partial charge in [-0.05, 0) is 43.5 Å². The molecule has 1 aromatic carbocycles. The predicted octanol–water partition coefficient (Wildman–Crippen LogP) is 3.57. The molecule has 0 saturated heterocycles. The van der Waals surface area contributed by atoms with Crippen molar-refractivity contribution in [3.05, 3.63) is 30.6 Å². The monoisotopic (exact) mass is 319 g/mol. The maximum Gasteiger partial charge on any atom is 0.191 e. The molecule has 118 valence electrons. The fourth-order valence-corrected chi connectivity index (χ4v) is 2.88. The van der Waals surface area contributed by atoms with Crippen molar-refractivity contribution < 1.29 is 9.47 Å². The lowest BCUT2D eigenvalue weighted by molar-refractivity contribution is 0.314. The molecule has 3 rings (SSSR count). The van der Waals surface area contributed by atoms with Crippen LogP contribution in [0.3, 0.4) is 0 Å². The van der Waals surface area contributed by atoms with Crippen LogP contribution >= 0.6 is 11.8 Å². The molecule has 0 atom stereocenters. The van der Waals surface area contributed by atoms with Crippen molar-refractivity contribution in [1.82, 2.24) is 14.8 Å². The number of benzene rings is 1. The van der Waals surface area contributed by atoms with Gasteiger partial charge in [0.2, 0.25) is 0 Å². The number of hydrogen-bond donors (Lipinski definition) is 0. The Morgan fingerprint density at radius 1 is 1.14 bits per heavy atom. The van der Waals surface area contributed by atoms with Gasteiger partial charge in [-0.15, -0.1) is 10.2 Å². The van der Waals surface area contributed by atoms with Crippen molar-refractivity contribution in [2.75, 3.05) is 19.0 Å². The molecular weight excluding hydrogens is 298 g/mol. The molecule has 0 amide bonds. The van der Waals surface area contributed by atoms with E-state index in [-0.39, 0.29) is 0 Å². The standard InChI is InChI=1S/C16H21N3O2S/c1-2-9-20-14-5-7-15(8-6-14)21-10-11-22-16-18-17-12-19(16)13-3-4-13/h5-8,12-13H,2-4,9-11H2,1H3. The van der Waals surface area contributed by atoms with Crippen LogP contribution in [0.1, 0.15) is 32.2 Å². The molecule has 0 N–H and O–H groups in total. The summed E-state index contributed by atoms with van der Waals surface area (Å²) in [7, 11) is 0. The first-order valence-electron chi connectivity index (χ1n) is 7.75. The van der Waals surface area contributed by atoms with Crippen LogP contribution in [-0.4, -0.2) is 33.7 Å². The summed E-state index contributed by atoms with van der Waals surface area (Å²) in [5.41, 5.74) is 0. The molecule has 1 aromatic heterocycles. The Kier molecular flexibility index (Phi) is 5.21. The summed E-state index contributed by atoms with van der Waals surface area (Å²) in [6.07, 6.45) is 5.33. The average molecular weight is 319 g/mol. The van der Waals surface area contributed by atoms with E-state index in [1.54, 1.807) is 11.8 Å². The molecule has 0 bridgehead atoms. The van der Waals surface area contributed by atoms with Crippen molar-refractivity contribution in [2.24, 2.45) is 0 Å². The van der Waals surface area contributed by atoms with Gasteiger partial charge in [0.15, 0.2) is 5.16 Å². The van der Waals surface area contributed by atoms with Gasteiger partial charge in [-0.25, -0.2) is 0 Å². The van der Waals surface area contributed by atoms with Crippen LogP contribution in [0.25, 0.3) is 0 Å². The Hall–Kier alpha value is -1.69. The zero-order valence-corrected chi connectivity index (χ0v) is 13.6. The number of thioether (sulfide) groups is 1. The van der Waals surface area contributed by atoms with Crippen molar-refractivity contribution in [1.29, 1.82) is 0 Å². The van der Waals surface area contributed by atoms with Crippen LogP contribution in [0.2, 0.25) is 0 Å². The quantitative estimate of drug-likeness (QED) is 0.522. The van der Waals surface area contributed by atoms with E-state index in [0.29, 0.717) is 12.6 Å². The van der Waals surface area contributed by atoms with Crippen LogP contribution < -0.4 is 9.47 Å². The minimum atomic E-state index is 0.620. The van der Waals surface area contributed by atoms with Gasteiger partial charge in [-0.1, -0.05) is 18.7 Å². The van der Waals surface area contributed by atoms with Gasteiger partial charge >= 0.3 is 0 Å². The van der Waals surface area contributed by atoms with E-state index >= 15 is 0 Å². The summed E-state index contributed by atoms with van der Waals surface area (Å²) in [6.45, 7) is 3.50. The van der Waals surface area contributed by atoms with Crippen LogP contribution in [0.15, 0.2) is 35.7 Å². The molecule has 1 heterocycles. The van der Waals surface area contributed by atoms with E-state index in [1.165, 1.54) is 12.8 Å². The average Bonchev–Trinajstić information content (AvgIpc) is 3.29. The second-order valence-electron chi connectivity index (χ2n) is 5.27. The molecule has 22 heavy (non-hydrogen) atoms. The summed E-state index contributed by atoms with van der Waals surface area (Å²) in [4.78, 5) is 0. The molecule has 5 nitrogen and oxygen atoms in total. The number of rotatable bonds is 9. The number of nitrogens with zero attached hydrogens (tertiary/aromatic N) is 3. The fourth-order valence-electron chi connectivity index (χ4n) is 2.08. The van der Waals surface area contributed by atoms with E-state index in [9.17, 15) is 0 Å². The van der Waals surface area contributed by atoms with Crippen LogP contribution in [0.4, 0.5) is 0 Å². The summed E-state index contributed by atoms with van der Waals surface area (Å²) < 4.78 is 13.5. The van der Waals surface area contributed by atoms with Crippen molar-refractivity contribution in [2.45, 2.75) is 37.4 Å². The van der Waals surface area contributed by atoms with Gasteiger partial charge in [0.1, 0.15) is 17.8 Å². The van der Waals surface area contributed by atoms with Gasteiger partial charge < -0.3 is 14.0 Å². The third-order valence-corrected chi connectivity index (χ3v) is 4.28. The van der Waals surface area contributed by atoms with Gasteiger partial charge in [0, 0.05) is 11.8 Å². The van der Waals surface area contributed by atoms with Crippen molar-refractivity contribution in [3.8, 4) is 11.5 Å². The smallest absolute Gasteiger partial charge is 0.191 e. The molecule has 1 fully saturated rings. The van der Waals surface area contributed by atoms with Crippen molar-refractivity contribution >= 4 is 11.8 Å². The highest BCUT2D eigenvalue weighted by molar-refractivity contribution is 7.99. The highest BCUT2D eigenvalue weighted by Gasteiger charge is 2.26. The number of aromatic nitrogens is 3. The molecule has 6 heteroatoms. The summed E-state index contributed by atoms with van der Waals surface area (Å²) in [6, 6.07) is 8.41. The van der Waals surface area contributed by atoms with Gasteiger partial charge in [0.05, 0.1) is 13.2 Å². The summed E-state index contributed by atoms with van der Waals surface area (Å²) in [5.74, 6) is 2.62. The summed E-state index contributed by atoms with van der Waals surface area (Å²) >= 11 is 1.70. The topological polar surface area (TPSA) is 49.2 Å². The predicted molar refractivity (Wildman–Crippen MR) is 86.7 cm³/mol. The van der Waals surface area contributed by atoms with Crippen LogP contribution in [-0.2, 0) is 0 Å². The van der Waals surface area contributed by atoms with E-state index < -0.39 is 0 Å². The first kappa shape index (κ1) is 15.2. The van der Waals surface area contributed by atoms with E-state index in [0.717, 1.165) is 35.4 Å². The first-order valence-corrected chi connectivity index (χ1v) is 8.73. The zero-order valence-electron chi connectivity index (χ0n) is 12.8. The highest BCUT2D eigenvalue weighted by atomic mass is 32.2. The van der Waals surface area contributed by atoms with Crippen molar-refractivity contribution in [3.63, 3.8) is 0 Å². The molecule has 0 radical (unpaired) electrons. The molecule has 0 spiro atoms. The number of hydrogen-bond acceptors (Lipinski definition) is 5. The molecule has 0 unspecified atom stereocenters. The lowest BCUT2D eigenvalue weighted by Gasteiger charge is -2.08. The van der Waals surface area contributed by atoms with Crippen LogP contribution in [0, 0.1) is 0 Å². The number of ether oxygens (including phenoxy) is 2. The van der Waals surface area contributed by atoms with E-state index in [4.69, 9.17) is 9.47 Å². The molecule has 1 aliphatic rings. The lowest BCUT2D eigenvalue weighted by atomic mass is 10.3. The maximum absolute atomic E-state index is 5.75. The molecular formula is C16H21N3O2S. The fraction of sp³-hybridized carbons (Fsp3) is 0.500. The third kappa shape index (κ3) is 4.16. The molecule has 1 aliphatic carbocycles. The van der Waals surface area contributed by atoms with E-state index in [2.05, 4.69) is 21.7 Å². The Bertz CT molecular complexity index is 581. The first-order chi connectivity index (χ1) is 10.9. The Morgan fingerprint density at radius 3 is 2.45 bits per heavy atom. The van der Waals surface area contributed by atoms with Crippen LogP contribution in [0.5, 0.6) is 11.5 Å².